The molecule has 0 aliphatic heterocycles. The Bertz CT molecular complexity index is 383. The third kappa shape index (κ3) is 2.44. The Hall–Kier alpha value is -1.61. The number of nitrogens with one attached hydrogen (secondary N) is 1. The van der Waals surface area contributed by atoms with Gasteiger partial charge in [-0.2, -0.15) is 0 Å². The van der Waals surface area contributed by atoms with Gasteiger partial charge in [0.05, 0.1) is 12.5 Å². The lowest BCUT2D eigenvalue weighted by atomic mass is 10.0. The molecule has 0 bridgehead atoms. The molecule has 78 valence electrons. The molecule has 2 aromatic rings. The first-order chi connectivity index (χ1) is 7.40. The molecule has 3 heteroatoms. The van der Waals surface area contributed by atoms with E-state index >= 15 is 0 Å². The molecule has 1 atom stereocenters. The quantitative estimate of drug-likeness (QED) is 0.825. The molecule has 2 aromatic heterocycles. The topological polar surface area (TPSA) is 38.1 Å². The number of hydrogen-bond donors (Lipinski definition) is 1. The van der Waals surface area contributed by atoms with Gasteiger partial charge >= 0.3 is 0 Å². The van der Waals surface area contributed by atoms with Gasteiger partial charge in [0.25, 0.3) is 0 Å². The summed E-state index contributed by atoms with van der Waals surface area (Å²) >= 11 is 0. The molecule has 2 heterocycles. The Morgan fingerprint density at radius 2 is 2.13 bits per heavy atom. The van der Waals surface area contributed by atoms with Crippen LogP contribution in [0.25, 0.3) is 0 Å². The van der Waals surface area contributed by atoms with E-state index < -0.39 is 0 Å². The van der Waals surface area contributed by atoms with Crippen molar-refractivity contribution < 1.29 is 4.42 Å². The lowest BCUT2D eigenvalue weighted by Gasteiger charge is -2.13. The highest BCUT2D eigenvalue weighted by Gasteiger charge is 2.10. The lowest BCUT2D eigenvalue weighted by molar-refractivity contribution is 0.542. The Morgan fingerprint density at radius 3 is 2.73 bits per heavy atom. The summed E-state index contributed by atoms with van der Waals surface area (Å²) in [5, 5.41) is 3.27. The highest BCUT2D eigenvalue weighted by Crippen LogP contribution is 2.17. The minimum absolute atomic E-state index is 0.297. The summed E-state index contributed by atoms with van der Waals surface area (Å²) in [7, 11) is 1.96. The van der Waals surface area contributed by atoms with Crippen molar-refractivity contribution in [3.05, 3.63) is 54.2 Å². The number of hydrogen-bond acceptors (Lipinski definition) is 3. The van der Waals surface area contributed by atoms with Crippen molar-refractivity contribution >= 4 is 0 Å². The summed E-state index contributed by atoms with van der Waals surface area (Å²) in [6.45, 7) is 0. The molecule has 0 aromatic carbocycles. The Labute approximate surface area is 89.1 Å². The van der Waals surface area contributed by atoms with E-state index in [-0.39, 0.29) is 0 Å². The number of aromatic nitrogens is 1. The number of pyridine rings is 1. The van der Waals surface area contributed by atoms with E-state index in [1.807, 2.05) is 37.6 Å². The van der Waals surface area contributed by atoms with Crippen molar-refractivity contribution in [2.45, 2.75) is 12.5 Å². The van der Waals surface area contributed by atoms with Crippen molar-refractivity contribution in [1.82, 2.24) is 10.3 Å². The summed E-state index contributed by atoms with van der Waals surface area (Å²) in [4.78, 5) is 4.00. The largest absolute Gasteiger partial charge is 0.472 e. The van der Waals surface area contributed by atoms with E-state index in [1.165, 1.54) is 11.1 Å². The number of likely N-dealkylation sites (N-methyl/N-ethyl adjacent to an activating group) is 1. The second kappa shape index (κ2) is 4.75. The summed E-state index contributed by atoms with van der Waals surface area (Å²) in [5.74, 6) is 0. The predicted octanol–water partition coefficient (Wildman–Crippen LogP) is 2.18. The van der Waals surface area contributed by atoms with Crippen molar-refractivity contribution in [2.24, 2.45) is 0 Å². The molecule has 2 rings (SSSR count). The number of nitrogens with zero attached hydrogens (tertiary/aromatic N) is 1. The van der Waals surface area contributed by atoms with Gasteiger partial charge in [-0.1, -0.05) is 0 Å². The molecule has 1 N–H and O–H groups in total. The zero-order valence-corrected chi connectivity index (χ0v) is 8.68. The van der Waals surface area contributed by atoms with E-state index in [1.54, 1.807) is 12.5 Å². The second-order valence-electron chi connectivity index (χ2n) is 3.46. The molecule has 0 spiro atoms. The van der Waals surface area contributed by atoms with Gasteiger partial charge in [0, 0.05) is 24.0 Å². The smallest absolute Gasteiger partial charge is 0.0950 e. The van der Waals surface area contributed by atoms with Crippen LogP contribution in [-0.4, -0.2) is 12.0 Å². The normalized spacial score (nSPS) is 12.6. The summed E-state index contributed by atoms with van der Waals surface area (Å²) < 4.78 is 5.08. The fourth-order valence-electron chi connectivity index (χ4n) is 1.61. The van der Waals surface area contributed by atoms with Crippen LogP contribution in [-0.2, 0) is 6.42 Å². The standard InChI is InChI=1S/C12H14N2O/c1-13-12(11-4-7-15-9-11)8-10-2-5-14-6-3-10/h2-7,9,12-13H,8H2,1H3. The molecule has 1 unspecified atom stereocenters. The molecule has 0 saturated carbocycles. The number of furan rings is 1. The Morgan fingerprint density at radius 1 is 1.33 bits per heavy atom. The van der Waals surface area contributed by atoms with Gasteiger partial charge in [-0.3, -0.25) is 4.98 Å². The molecule has 0 radical (unpaired) electrons. The zero-order valence-electron chi connectivity index (χ0n) is 8.68. The zero-order chi connectivity index (χ0) is 10.5. The van der Waals surface area contributed by atoms with Crippen LogP contribution in [0.5, 0.6) is 0 Å². The van der Waals surface area contributed by atoms with E-state index in [0.29, 0.717) is 6.04 Å². The first-order valence-electron chi connectivity index (χ1n) is 4.98. The maximum atomic E-state index is 5.08. The average Bonchev–Trinajstić information content (AvgIpc) is 2.81. The van der Waals surface area contributed by atoms with Gasteiger partial charge in [0.1, 0.15) is 0 Å². The van der Waals surface area contributed by atoms with Crippen LogP contribution in [0.15, 0.2) is 47.5 Å². The van der Waals surface area contributed by atoms with E-state index in [9.17, 15) is 0 Å². The summed E-state index contributed by atoms with van der Waals surface area (Å²) in [6, 6.07) is 6.35. The average molecular weight is 202 g/mol. The van der Waals surface area contributed by atoms with Crippen molar-refractivity contribution in [1.29, 1.82) is 0 Å². The Kier molecular flexibility index (Phi) is 3.15. The summed E-state index contributed by atoms with van der Waals surface area (Å²) in [5.41, 5.74) is 2.44. The first kappa shape index (κ1) is 9.93. The summed E-state index contributed by atoms with van der Waals surface area (Å²) in [6.07, 6.45) is 8.06. The van der Waals surface area contributed by atoms with E-state index in [4.69, 9.17) is 4.42 Å². The fraction of sp³-hybridized carbons (Fsp3) is 0.250. The third-order valence-electron chi connectivity index (χ3n) is 2.48. The minimum atomic E-state index is 0.297. The molecule has 0 fully saturated rings. The monoisotopic (exact) mass is 202 g/mol. The maximum Gasteiger partial charge on any atom is 0.0950 e. The van der Waals surface area contributed by atoms with Crippen molar-refractivity contribution in [3.63, 3.8) is 0 Å². The minimum Gasteiger partial charge on any atom is -0.472 e. The molecular weight excluding hydrogens is 188 g/mol. The van der Waals surface area contributed by atoms with E-state index in [2.05, 4.69) is 10.3 Å². The van der Waals surface area contributed by atoms with Crippen LogP contribution in [0.2, 0.25) is 0 Å². The van der Waals surface area contributed by atoms with Crippen LogP contribution < -0.4 is 5.32 Å². The highest BCUT2D eigenvalue weighted by molar-refractivity contribution is 5.18. The first-order valence-corrected chi connectivity index (χ1v) is 4.98. The van der Waals surface area contributed by atoms with Crippen LogP contribution in [0.1, 0.15) is 17.2 Å². The highest BCUT2D eigenvalue weighted by atomic mass is 16.3. The maximum absolute atomic E-state index is 5.08. The molecule has 0 amide bonds. The van der Waals surface area contributed by atoms with E-state index in [0.717, 1.165) is 6.42 Å². The predicted molar refractivity (Wildman–Crippen MR) is 58.4 cm³/mol. The molecule has 15 heavy (non-hydrogen) atoms. The van der Waals surface area contributed by atoms with Crippen molar-refractivity contribution in [3.8, 4) is 0 Å². The third-order valence-corrected chi connectivity index (χ3v) is 2.48. The SMILES string of the molecule is CNC(Cc1ccncc1)c1ccoc1. The molecular formula is C12H14N2O. The van der Waals surface area contributed by atoms with Gasteiger partial charge in [0.2, 0.25) is 0 Å². The number of rotatable bonds is 4. The fourth-order valence-corrected chi connectivity index (χ4v) is 1.61. The molecule has 0 aliphatic carbocycles. The molecule has 3 nitrogen and oxygen atoms in total. The van der Waals surface area contributed by atoms with Gasteiger partial charge in [0.15, 0.2) is 0 Å². The van der Waals surface area contributed by atoms with Gasteiger partial charge in [-0.05, 0) is 37.2 Å². The lowest BCUT2D eigenvalue weighted by Crippen LogP contribution is -2.18. The van der Waals surface area contributed by atoms with Crippen LogP contribution in [0.3, 0.4) is 0 Å². The molecule has 0 aliphatic rings. The van der Waals surface area contributed by atoms with Gasteiger partial charge < -0.3 is 9.73 Å². The second-order valence-corrected chi connectivity index (χ2v) is 3.46. The molecule has 0 saturated heterocycles. The van der Waals surface area contributed by atoms with Crippen LogP contribution in [0.4, 0.5) is 0 Å². The Balaban J connectivity index is 2.10. The van der Waals surface area contributed by atoms with Gasteiger partial charge in [-0.15, -0.1) is 0 Å². The van der Waals surface area contributed by atoms with Crippen LogP contribution >= 0.6 is 0 Å². The van der Waals surface area contributed by atoms with Gasteiger partial charge in [-0.25, -0.2) is 0 Å². The van der Waals surface area contributed by atoms with Crippen molar-refractivity contribution in [2.75, 3.05) is 7.05 Å². The van der Waals surface area contributed by atoms with Crippen LogP contribution in [0, 0.1) is 0 Å².